The van der Waals surface area contributed by atoms with Crippen molar-refractivity contribution in [2.75, 3.05) is 44.2 Å². The van der Waals surface area contributed by atoms with Crippen LogP contribution in [0.2, 0.25) is 0 Å². The lowest BCUT2D eigenvalue weighted by Gasteiger charge is -2.41. The smallest absolute Gasteiger partial charge is 0.163 e. The number of phenolic OH excluding ortho intramolecular Hbond substituents is 1. The zero-order valence-electron chi connectivity index (χ0n) is 25.4. The molecular formula is C38H39FN4O2. The lowest BCUT2D eigenvalue weighted by Crippen LogP contribution is -2.52. The van der Waals surface area contributed by atoms with Crippen LogP contribution in [0.25, 0.3) is 22.0 Å². The summed E-state index contributed by atoms with van der Waals surface area (Å²) in [5.41, 5.74) is 5.91. The number of hydrogen-bond donors (Lipinski definition) is 3. The van der Waals surface area contributed by atoms with Crippen molar-refractivity contribution in [1.82, 2.24) is 15.2 Å². The van der Waals surface area contributed by atoms with Gasteiger partial charge < -0.3 is 20.3 Å². The number of benzene rings is 4. The topological polar surface area (TPSA) is 71.6 Å². The molecule has 7 heteroatoms. The SMILES string of the molecule is O=C(C[C@@H](c1cc2ccccc2[nH]1)c1cc(F)ccc1O)c1cccc(-c2ccc(N3CCN(C4CCNCC4)CC3)cc2)c1. The van der Waals surface area contributed by atoms with Gasteiger partial charge in [-0.25, -0.2) is 4.39 Å². The van der Waals surface area contributed by atoms with Crippen LogP contribution in [0.4, 0.5) is 10.1 Å². The molecule has 0 aliphatic carbocycles. The van der Waals surface area contributed by atoms with E-state index >= 15 is 0 Å². The van der Waals surface area contributed by atoms with Crippen molar-refractivity contribution in [2.24, 2.45) is 0 Å². The number of halogens is 1. The summed E-state index contributed by atoms with van der Waals surface area (Å²) >= 11 is 0. The molecule has 230 valence electrons. The van der Waals surface area contributed by atoms with Crippen LogP contribution in [0.1, 0.15) is 46.8 Å². The number of carbonyl (C=O) groups excluding carboxylic acids is 1. The first kappa shape index (κ1) is 29.3. The molecule has 0 unspecified atom stereocenters. The molecular weight excluding hydrogens is 563 g/mol. The highest BCUT2D eigenvalue weighted by Crippen LogP contribution is 2.37. The molecule has 2 saturated heterocycles. The normalized spacial score (nSPS) is 17.0. The van der Waals surface area contributed by atoms with Gasteiger partial charge in [0.15, 0.2) is 5.78 Å². The number of piperidine rings is 1. The number of Topliss-reactive ketones (excluding diaryl/α,β-unsaturated/α-hetero) is 1. The number of aromatic amines is 1. The van der Waals surface area contributed by atoms with Crippen molar-refractivity contribution in [3.63, 3.8) is 0 Å². The van der Waals surface area contributed by atoms with Gasteiger partial charge in [0.05, 0.1) is 0 Å². The van der Waals surface area contributed by atoms with E-state index in [4.69, 9.17) is 0 Å². The van der Waals surface area contributed by atoms with Gasteiger partial charge in [-0.3, -0.25) is 9.69 Å². The number of anilines is 1. The molecule has 0 bridgehead atoms. The summed E-state index contributed by atoms with van der Waals surface area (Å²) in [5.74, 6) is -1.11. The maximum atomic E-state index is 14.4. The van der Waals surface area contributed by atoms with E-state index in [1.807, 2.05) is 54.6 Å². The van der Waals surface area contributed by atoms with Crippen LogP contribution < -0.4 is 10.2 Å². The summed E-state index contributed by atoms with van der Waals surface area (Å²) in [6.07, 6.45) is 2.57. The number of nitrogens with zero attached hydrogens (tertiary/aromatic N) is 2. The van der Waals surface area contributed by atoms with E-state index < -0.39 is 11.7 Å². The molecule has 45 heavy (non-hydrogen) atoms. The fourth-order valence-electron chi connectivity index (χ4n) is 7.03. The third-order valence-electron chi connectivity index (χ3n) is 9.57. The van der Waals surface area contributed by atoms with Crippen LogP contribution in [-0.4, -0.2) is 66.1 Å². The van der Waals surface area contributed by atoms with E-state index in [1.54, 1.807) is 0 Å². The summed E-state index contributed by atoms with van der Waals surface area (Å²) in [7, 11) is 0. The molecule has 7 rings (SSSR count). The van der Waals surface area contributed by atoms with Gasteiger partial charge in [-0.2, -0.15) is 0 Å². The Bertz CT molecular complexity index is 1750. The highest BCUT2D eigenvalue weighted by atomic mass is 19.1. The number of aromatic nitrogens is 1. The molecule has 1 aromatic heterocycles. The fraction of sp³-hybridized carbons (Fsp3) is 0.289. The van der Waals surface area contributed by atoms with Gasteiger partial charge in [-0.15, -0.1) is 0 Å². The van der Waals surface area contributed by atoms with Crippen molar-refractivity contribution >= 4 is 22.4 Å². The summed E-state index contributed by atoms with van der Waals surface area (Å²) in [5, 5.41) is 15.2. The van der Waals surface area contributed by atoms with E-state index in [-0.39, 0.29) is 18.0 Å². The van der Waals surface area contributed by atoms with E-state index in [0.29, 0.717) is 17.2 Å². The minimum absolute atomic E-state index is 0.0330. The number of H-pyrrole nitrogens is 1. The number of aromatic hydroxyl groups is 1. The van der Waals surface area contributed by atoms with Crippen LogP contribution >= 0.6 is 0 Å². The molecule has 2 fully saturated rings. The third-order valence-corrected chi connectivity index (χ3v) is 9.57. The number of piperazine rings is 1. The second kappa shape index (κ2) is 12.9. The van der Waals surface area contributed by atoms with E-state index in [0.717, 1.165) is 67.0 Å². The molecule has 0 amide bonds. The van der Waals surface area contributed by atoms with Gasteiger partial charge >= 0.3 is 0 Å². The number of fused-ring (bicyclic) bond motifs is 1. The second-order valence-corrected chi connectivity index (χ2v) is 12.3. The van der Waals surface area contributed by atoms with Gasteiger partial charge in [0.25, 0.3) is 0 Å². The molecule has 0 saturated carbocycles. The Morgan fingerprint density at radius 2 is 1.62 bits per heavy atom. The van der Waals surface area contributed by atoms with Gasteiger partial charge in [0.1, 0.15) is 11.6 Å². The standard InChI is InChI=1S/C38H39FN4O2/c39-30-10-13-37(44)34(24-30)33(36-23-28-4-1-2-7-35(28)41-36)25-38(45)29-6-3-5-27(22-29)26-8-11-31(12-9-26)42-18-20-43(21-19-42)32-14-16-40-17-15-32/h1-13,22-24,32-33,40-41,44H,14-21,25H2/t33-/m1/s1. The van der Waals surface area contributed by atoms with E-state index in [9.17, 15) is 14.3 Å². The average molecular weight is 603 g/mol. The number of rotatable bonds is 8. The van der Waals surface area contributed by atoms with Crippen molar-refractivity contribution in [3.8, 4) is 16.9 Å². The quantitative estimate of drug-likeness (QED) is 0.168. The highest BCUT2D eigenvalue weighted by molar-refractivity contribution is 5.98. The van der Waals surface area contributed by atoms with Crippen molar-refractivity contribution in [3.05, 3.63) is 120 Å². The van der Waals surface area contributed by atoms with Crippen LogP contribution in [0.15, 0.2) is 97.1 Å². The summed E-state index contributed by atoms with van der Waals surface area (Å²) in [4.78, 5) is 22.3. The number of nitrogens with one attached hydrogen (secondary N) is 2. The average Bonchev–Trinajstić information content (AvgIpc) is 3.53. The Balaban J connectivity index is 1.08. The molecule has 0 spiro atoms. The van der Waals surface area contributed by atoms with Crippen molar-refractivity contribution in [1.29, 1.82) is 0 Å². The number of ketones is 1. The van der Waals surface area contributed by atoms with Gasteiger partial charge in [0, 0.05) is 72.6 Å². The molecule has 3 N–H and O–H groups in total. The zero-order chi connectivity index (χ0) is 30.8. The zero-order valence-corrected chi connectivity index (χ0v) is 25.4. The highest BCUT2D eigenvalue weighted by Gasteiger charge is 2.26. The maximum Gasteiger partial charge on any atom is 0.163 e. The molecule has 1 atom stereocenters. The van der Waals surface area contributed by atoms with Crippen molar-refractivity contribution < 1.29 is 14.3 Å². The third kappa shape index (κ3) is 6.37. The number of carbonyl (C=O) groups is 1. The molecule has 2 aliphatic rings. The minimum Gasteiger partial charge on any atom is -0.508 e. The Kier molecular flexibility index (Phi) is 8.37. The second-order valence-electron chi connectivity index (χ2n) is 12.3. The summed E-state index contributed by atoms with van der Waals surface area (Å²) < 4.78 is 14.4. The molecule has 0 radical (unpaired) electrons. The molecule has 6 nitrogen and oxygen atoms in total. The minimum atomic E-state index is -0.543. The van der Waals surface area contributed by atoms with Gasteiger partial charge in [0.2, 0.25) is 0 Å². The maximum absolute atomic E-state index is 14.4. The molecule has 4 aromatic carbocycles. The largest absolute Gasteiger partial charge is 0.508 e. The summed E-state index contributed by atoms with van der Waals surface area (Å²) in [6.45, 7) is 6.52. The predicted octanol–water partition coefficient (Wildman–Crippen LogP) is 6.96. The lowest BCUT2D eigenvalue weighted by atomic mass is 9.87. The summed E-state index contributed by atoms with van der Waals surface area (Å²) in [6, 6.07) is 30.8. The molecule has 2 aliphatic heterocycles. The fourth-order valence-corrected chi connectivity index (χ4v) is 7.03. The number of hydrogen-bond acceptors (Lipinski definition) is 5. The van der Waals surface area contributed by atoms with E-state index in [2.05, 4.69) is 44.4 Å². The lowest BCUT2D eigenvalue weighted by molar-refractivity contribution is 0.0977. The Morgan fingerprint density at radius 3 is 2.40 bits per heavy atom. The Hall–Kier alpha value is -4.46. The number of phenols is 1. The molecule has 3 heterocycles. The van der Waals surface area contributed by atoms with Crippen LogP contribution in [0.5, 0.6) is 5.75 Å². The monoisotopic (exact) mass is 602 g/mol. The Morgan fingerprint density at radius 1 is 0.844 bits per heavy atom. The Labute approximate surface area is 263 Å². The van der Waals surface area contributed by atoms with Crippen molar-refractivity contribution in [2.45, 2.75) is 31.2 Å². The first-order valence-corrected chi connectivity index (χ1v) is 16.0. The molecule has 5 aromatic rings. The number of para-hydroxylation sites is 1. The van der Waals surface area contributed by atoms with E-state index in [1.165, 1.54) is 36.7 Å². The van der Waals surface area contributed by atoms with Crippen LogP contribution in [0.3, 0.4) is 0 Å². The predicted molar refractivity (Wildman–Crippen MR) is 179 cm³/mol. The van der Waals surface area contributed by atoms with Crippen LogP contribution in [-0.2, 0) is 0 Å². The van der Waals surface area contributed by atoms with Gasteiger partial charge in [-0.1, -0.05) is 48.5 Å². The van der Waals surface area contributed by atoms with Crippen LogP contribution in [0, 0.1) is 5.82 Å². The first-order valence-electron chi connectivity index (χ1n) is 16.0. The van der Waals surface area contributed by atoms with Gasteiger partial charge in [-0.05, 0) is 91.0 Å². The first-order chi connectivity index (χ1) is 22.0.